The van der Waals surface area contributed by atoms with Crippen molar-refractivity contribution in [2.24, 2.45) is 5.92 Å². The molecule has 1 heterocycles. The van der Waals surface area contributed by atoms with Crippen LogP contribution in [0.15, 0.2) is 0 Å². The Labute approximate surface area is 109 Å². The minimum absolute atomic E-state index is 0.0274. The summed E-state index contributed by atoms with van der Waals surface area (Å²) in [5.41, 5.74) is 0.450. The SMILES string of the molecule is Cc1nc(NC(=O)C2CCCCC2)sc1C(=O)O. The maximum Gasteiger partial charge on any atom is 0.347 e. The van der Waals surface area contributed by atoms with E-state index in [0.717, 1.165) is 37.0 Å². The number of aromatic carboxylic acids is 1. The van der Waals surface area contributed by atoms with Gasteiger partial charge in [-0.1, -0.05) is 30.6 Å². The zero-order chi connectivity index (χ0) is 13.1. The average molecular weight is 268 g/mol. The highest BCUT2D eigenvalue weighted by molar-refractivity contribution is 7.17. The number of carboxylic acid groups (broad SMARTS) is 1. The molecule has 18 heavy (non-hydrogen) atoms. The maximum absolute atomic E-state index is 12.0. The van der Waals surface area contributed by atoms with E-state index in [2.05, 4.69) is 10.3 Å². The normalized spacial score (nSPS) is 16.5. The number of amides is 1. The smallest absolute Gasteiger partial charge is 0.347 e. The molecule has 0 spiro atoms. The van der Waals surface area contributed by atoms with Gasteiger partial charge in [-0.2, -0.15) is 0 Å². The molecule has 2 N–H and O–H groups in total. The van der Waals surface area contributed by atoms with E-state index < -0.39 is 5.97 Å². The minimum Gasteiger partial charge on any atom is -0.477 e. The summed E-state index contributed by atoms with van der Waals surface area (Å²) in [4.78, 5) is 27.1. The van der Waals surface area contributed by atoms with Gasteiger partial charge in [0.25, 0.3) is 0 Å². The third kappa shape index (κ3) is 2.87. The Morgan fingerprint density at radius 3 is 2.56 bits per heavy atom. The Morgan fingerprint density at radius 1 is 1.33 bits per heavy atom. The highest BCUT2D eigenvalue weighted by Crippen LogP contribution is 2.27. The number of aryl methyl sites for hydroxylation is 1. The van der Waals surface area contributed by atoms with Crippen LogP contribution in [0.1, 0.15) is 47.5 Å². The number of carboxylic acids is 1. The van der Waals surface area contributed by atoms with E-state index in [9.17, 15) is 9.59 Å². The van der Waals surface area contributed by atoms with E-state index in [-0.39, 0.29) is 16.7 Å². The van der Waals surface area contributed by atoms with Crippen molar-refractivity contribution in [2.45, 2.75) is 39.0 Å². The Hall–Kier alpha value is -1.43. The first-order valence-electron chi connectivity index (χ1n) is 6.09. The summed E-state index contributed by atoms with van der Waals surface area (Å²) in [6.07, 6.45) is 5.22. The average Bonchev–Trinajstić information content (AvgIpc) is 2.71. The van der Waals surface area contributed by atoms with Gasteiger partial charge in [-0.3, -0.25) is 4.79 Å². The molecule has 1 amide bonds. The molecular weight excluding hydrogens is 252 g/mol. The number of nitrogens with one attached hydrogen (secondary N) is 1. The molecule has 0 bridgehead atoms. The topological polar surface area (TPSA) is 79.3 Å². The predicted molar refractivity (Wildman–Crippen MR) is 69.0 cm³/mol. The summed E-state index contributed by atoms with van der Waals surface area (Å²) in [7, 11) is 0. The largest absolute Gasteiger partial charge is 0.477 e. The van der Waals surface area contributed by atoms with E-state index in [1.54, 1.807) is 6.92 Å². The number of carbonyl (C=O) groups excluding carboxylic acids is 1. The summed E-state index contributed by atoms with van der Waals surface area (Å²) in [6.45, 7) is 1.64. The van der Waals surface area contributed by atoms with Gasteiger partial charge in [-0.15, -0.1) is 0 Å². The molecule has 5 nitrogen and oxygen atoms in total. The van der Waals surface area contributed by atoms with Gasteiger partial charge < -0.3 is 10.4 Å². The zero-order valence-corrected chi connectivity index (χ0v) is 11.0. The molecule has 0 aromatic carbocycles. The quantitative estimate of drug-likeness (QED) is 0.883. The van der Waals surface area contributed by atoms with E-state index in [4.69, 9.17) is 5.11 Å². The fourth-order valence-corrected chi connectivity index (χ4v) is 3.03. The van der Waals surface area contributed by atoms with Crippen LogP contribution in [0.25, 0.3) is 0 Å². The van der Waals surface area contributed by atoms with Gasteiger partial charge in [0.2, 0.25) is 5.91 Å². The minimum atomic E-state index is -0.997. The lowest BCUT2D eigenvalue weighted by Gasteiger charge is -2.19. The summed E-state index contributed by atoms with van der Waals surface area (Å²) in [5, 5.41) is 12.0. The van der Waals surface area contributed by atoms with Gasteiger partial charge in [0.05, 0.1) is 5.69 Å². The van der Waals surface area contributed by atoms with Crippen LogP contribution in [-0.4, -0.2) is 22.0 Å². The molecule has 0 atom stereocenters. The number of thiazole rings is 1. The molecular formula is C12H16N2O3S. The summed E-state index contributed by atoms with van der Waals surface area (Å²) in [5.74, 6) is -0.972. The Morgan fingerprint density at radius 2 is 2.00 bits per heavy atom. The van der Waals surface area contributed by atoms with Crippen LogP contribution in [0, 0.1) is 12.8 Å². The second-order valence-corrected chi connectivity index (χ2v) is 5.56. The predicted octanol–water partition coefficient (Wildman–Crippen LogP) is 2.67. The molecule has 1 aliphatic carbocycles. The first-order valence-corrected chi connectivity index (χ1v) is 6.91. The number of carbonyl (C=O) groups is 2. The van der Waals surface area contributed by atoms with Crippen LogP contribution < -0.4 is 5.32 Å². The molecule has 0 aliphatic heterocycles. The number of rotatable bonds is 3. The lowest BCUT2D eigenvalue weighted by atomic mass is 9.89. The number of hydrogen-bond donors (Lipinski definition) is 2. The third-order valence-corrected chi connectivity index (χ3v) is 4.26. The molecule has 1 aromatic rings. The number of nitrogens with zero attached hydrogens (tertiary/aromatic N) is 1. The molecule has 98 valence electrons. The summed E-state index contributed by atoms with van der Waals surface area (Å²) < 4.78 is 0. The molecule has 1 saturated carbocycles. The Kier molecular flexibility index (Phi) is 3.96. The zero-order valence-electron chi connectivity index (χ0n) is 10.2. The molecule has 1 aromatic heterocycles. The fourth-order valence-electron chi connectivity index (χ4n) is 2.22. The van der Waals surface area contributed by atoms with E-state index in [0.29, 0.717) is 10.8 Å². The van der Waals surface area contributed by atoms with Crippen molar-refractivity contribution < 1.29 is 14.7 Å². The number of aromatic nitrogens is 1. The van der Waals surface area contributed by atoms with Crippen LogP contribution in [0.4, 0.5) is 5.13 Å². The van der Waals surface area contributed by atoms with Gasteiger partial charge >= 0.3 is 5.97 Å². The lowest BCUT2D eigenvalue weighted by Crippen LogP contribution is -2.24. The maximum atomic E-state index is 12.0. The Bertz CT molecular complexity index is 464. The molecule has 1 aliphatic rings. The van der Waals surface area contributed by atoms with Crippen LogP contribution >= 0.6 is 11.3 Å². The number of hydrogen-bond acceptors (Lipinski definition) is 4. The van der Waals surface area contributed by atoms with Crippen molar-refractivity contribution in [2.75, 3.05) is 5.32 Å². The monoisotopic (exact) mass is 268 g/mol. The van der Waals surface area contributed by atoms with Gasteiger partial charge in [0.1, 0.15) is 4.88 Å². The Balaban J connectivity index is 2.02. The molecule has 2 rings (SSSR count). The highest BCUT2D eigenvalue weighted by atomic mass is 32.1. The van der Waals surface area contributed by atoms with Crippen molar-refractivity contribution in [3.05, 3.63) is 10.6 Å². The van der Waals surface area contributed by atoms with Crippen molar-refractivity contribution in [3.8, 4) is 0 Å². The first kappa shape index (κ1) is 13.0. The first-order chi connectivity index (χ1) is 8.58. The van der Waals surface area contributed by atoms with E-state index in [1.165, 1.54) is 6.42 Å². The molecule has 0 saturated heterocycles. The van der Waals surface area contributed by atoms with Crippen LogP contribution in [-0.2, 0) is 4.79 Å². The van der Waals surface area contributed by atoms with Crippen molar-refractivity contribution >= 4 is 28.3 Å². The van der Waals surface area contributed by atoms with Crippen molar-refractivity contribution in [1.29, 1.82) is 0 Å². The second kappa shape index (κ2) is 5.48. The van der Waals surface area contributed by atoms with Crippen LogP contribution in [0.5, 0.6) is 0 Å². The highest BCUT2D eigenvalue weighted by Gasteiger charge is 2.23. The van der Waals surface area contributed by atoms with Crippen molar-refractivity contribution in [3.63, 3.8) is 0 Å². The fraction of sp³-hybridized carbons (Fsp3) is 0.583. The van der Waals surface area contributed by atoms with Gasteiger partial charge in [0.15, 0.2) is 5.13 Å². The standard InChI is InChI=1S/C12H16N2O3S/c1-7-9(11(16)17)18-12(13-7)14-10(15)8-5-3-2-4-6-8/h8H,2-6H2,1H3,(H,16,17)(H,13,14,15). The summed E-state index contributed by atoms with van der Waals surface area (Å²) >= 11 is 1.02. The molecule has 6 heteroatoms. The van der Waals surface area contributed by atoms with Crippen LogP contribution in [0.3, 0.4) is 0 Å². The van der Waals surface area contributed by atoms with Gasteiger partial charge in [0, 0.05) is 5.92 Å². The van der Waals surface area contributed by atoms with Crippen molar-refractivity contribution in [1.82, 2.24) is 4.98 Å². The second-order valence-electron chi connectivity index (χ2n) is 4.56. The summed E-state index contributed by atoms with van der Waals surface area (Å²) in [6, 6.07) is 0. The van der Waals surface area contributed by atoms with E-state index >= 15 is 0 Å². The molecule has 0 radical (unpaired) electrons. The molecule has 0 unspecified atom stereocenters. The van der Waals surface area contributed by atoms with Gasteiger partial charge in [-0.25, -0.2) is 9.78 Å². The molecule has 1 fully saturated rings. The third-order valence-electron chi connectivity index (χ3n) is 3.20. The van der Waals surface area contributed by atoms with E-state index in [1.807, 2.05) is 0 Å². The number of anilines is 1. The lowest BCUT2D eigenvalue weighted by molar-refractivity contribution is -0.120. The van der Waals surface area contributed by atoms with Gasteiger partial charge in [-0.05, 0) is 19.8 Å². The van der Waals surface area contributed by atoms with Crippen LogP contribution in [0.2, 0.25) is 0 Å².